The minimum atomic E-state index is -4.30. The summed E-state index contributed by atoms with van der Waals surface area (Å²) in [7, 11) is 0. The molecule has 1 unspecified atom stereocenters. The number of thiol groups is 2. The van der Waals surface area contributed by atoms with E-state index >= 15 is 0 Å². The fraction of sp³-hybridized carbons (Fsp3) is 0.476. The summed E-state index contributed by atoms with van der Waals surface area (Å²) in [5.41, 5.74) is 12.7. The molecule has 4 aromatic rings. The maximum Gasteiger partial charge on any atom is 0.386 e. The molecule has 0 spiro atoms. The lowest BCUT2D eigenvalue weighted by Crippen LogP contribution is -2.35. The van der Waals surface area contributed by atoms with Crippen LogP contribution in [0.5, 0.6) is 0 Å². The van der Waals surface area contributed by atoms with E-state index in [1.165, 1.54) is 28.1 Å². The topological polar surface area (TPSA) is 256 Å². The Morgan fingerprint density at radius 1 is 0.795 bits per heavy atom. The fourth-order valence-electron chi connectivity index (χ4n) is 5.36. The average Bonchev–Trinajstić information content (AvgIpc) is 3.73. The molecule has 3 aliphatic rings. The van der Waals surface area contributed by atoms with E-state index in [2.05, 4.69) is 49.4 Å². The summed E-state index contributed by atoms with van der Waals surface area (Å²) in [6.07, 6.45) is -5.09. The van der Waals surface area contributed by atoms with Gasteiger partial charge in [-0.25, -0.2) is 34.0 Å². The normalized spacial score (nSPS) is 38.3. The first-order chi connectivity index (χ1) is 20.9. The lowest BCUT2D eigenvalue weighted by atomic mass is 10.1. The zero-order chi connectivity index (χ0) is 31.0. The Morgan fingerprint density at radius 3 is 2.18 bits per heavy atom. The number of anilines is 2. The van der Waals surface area contributed by atoms with Gasteiger partial charge in [0.25, 0.3) is 0 Å². The number of nitrogens with two attached hydrogens (primary N) is 2. The number of fused-ring (bicyclic) bond motifs is 5. The van der Waals surface area contributed by atoms with Crippen LogP contribution in [0.4, 0.5) is 11.6 Å². The van der Waals surface area contributed by atoms with Gasteiger partial charge in [0.05, 0.1) is 24.9 Å². The van der Waals surface area contributed by atoms with Gasteiger partial charge in [0.1, 0.15) is 66.3 Å². The molecule has 0 amide bonds. The molecule has 4 aromatic heterocycles. The van der Waals surface area contributed by atoms with Crippen molar-refractivity contribution in [3.05, 3.63) is 31.2 Å². The van der Waals surface area contributed by atoms with Crippen LogP contribution in [0.25, 0.3) is 22.2 Å². The molecule has 23 heteroatoms. The van der Waals surface area contributed by atoms with Crippen LogP contribution in [0.15, 0.2) is 31.2 Å². The van der Waals surface area contributed by atoms with Gasteiger partial charge in [-0.2, -0.15) is 0 Å². The lowest BCUT2D eigenvalue weighted by Gasteiger charge is -2.26. The van der Waals surface area contributed by atoms with Crippen LogP contribution < -0.4 is 11.5 Å². The Morgan fingerprint density at radius 2 is 1.43 bits per heavy atom. The molecule has 0 aromatic carbocycles. The zero-order valence-corrected chi connectivity index (χ0v) is 25.7. The minimum absolute atomic E-state index is 0.0959. The largest absolute Gasteiger partial charge is 0.387 e. The Hall–Kier alpha value is -2.39. The van der Waals surface area contributed by atoms with E-state index in [0.29, 0.717) is 11.0 Å². The zero-order valence-electron chi connectivity index (χ0n) is 22.2. The van der Waals surface area contributed by atoms with Crippen molar-refractivity contribution in [3.8, 4) is 0 Å². The van der Waals surface area contributed by atoms with Gasteiger partial charge in [0, 0.05) is 6.20 Å². The van der Waals surface area contributed by atoms with Crippen LogP contribution >= 0.6 is 38.1 Å². The van der Waals surface area contributed by atoms with E-state index in [1.807, 2.05) is 0 Å². The van der Waals surface area contributed by atoms with E-state index in [0.717, 1.165) is 0 Å². The molecule has 10 atom stereocenters. The van der Waals surface area contributed by atoms with Gasteiger partial charge in [-0.05, 0) is 6.07 Å². The number of rotatable bonds is 2. The van der Waals surface area contributed by atoms with Gasteiger partial charge in [0.15, 0.2) is 23.9 Å². The standard InChI is InChI=1S/C21H25N9O10P2S2/c22-16-8-1-2-29(18(8)26-5-24-16)20-13(32)14-10(38-20)4-36-42(34,44)40-15-12(31)9(3-35-41(33,43)39-14)37-21(15)30-7-28-11-17(23)25-6-27-19(11)30/h1-2,5-7,9-10,12-15,20-21,31-32H,3-4H2,(H,33,43)(H,34,44)(H2,22,24,26)(H2,23,25,27)/t9-,10-,12-,13-,14+,15-,20-,21-,41-,42?/m1/s1. The summed E-state index contributed by atoms with van der Waals surface area (Å²) in [6, 6.07) is 1.64. The average molecular weight is 690 g/mol. The van der Waals surface area contributed by atoms with Crippen LogP contribution in [0, 0.1) is 0 Å². The smallest absolute Gasteiger partial charge is 0.386 e. The molecule has 44 heavy (non-hydrogen) atoms. The summed E-state index contributed by atoms with van der Waals surface area (Å²) in [6.45, 7) is -9.61. The summed E-state index contributed by atoms with van der Waals surface area (Å²) in [4.78, 5) is 20.4. The second-order valence-electron chi connectivity index (χ2n) is 10.1. The Labute approximate surface area is 257 Å². The molecular formula is C21H25N9O10P2S2. The fourth-order valence-corrected chi connectivity index (χ4v) is 8.31. The third kappa shape index (κ3) is 5.29. The van der Waals surface area contributed by atoms with Crippen LogP contribution in [0.3, 0.4) is 0 Å². The predicted molar refractivity (Wildman–Crippen MR) is 156 cm³/mol. The summed E-state index contributed by atoms with van der Waals surface area (Å²) in [5, 5.41) is 22.9. The second-order valence-corrected chi connectivity index (χ2v) is 15.8. The molecule has 7 rings (SSSR count). The highest BCUT2D eigenvalue weighted by Crippen LogP contribution is 2.60. The highest BCUT2D eigenvalue weighted by Gasteiger charge is 2.53. The molecule has 19 nitrogen and oxygen atoms in total. The maximum atomic E-state index is 13.5. The van der Waals surface area contributed by atoms with Crippen molar-refractivity contribution < 1.29 is 46.9 Å². The van der Waals surface area contributed by atoms with Crippen LogP contribution in [0.1, 0.15) is 12.5 Å². The summed E-state index contributed by atoms with van der Waals surface area (Å²) < 4.78 is 64.3. The monoisotopic (exact) mass is 689 g/mol. The number of imidazole rings is 1. The molecule has 0 radical (unpaired) electrons. The van der Waals surface area contributed by atoms with Gasteiger partial charge in [-0.1, -0.05) is 24.5 Å². The first kappa shape index (κ1) is 30.3. The van der Waals surface area contributed by atoms with Crippen LogP contribution in [0.2, 0.25) is 0 Å². The Bertz CT molecular complexity index is 1830. The van der Waals surface area contributed by atoms with Crippen LogP contribution in [-0.4, -0.2) is 94.1 Å². The number of aliphatic hydroxyl groups is 2. The van der Waals surface area contributed by atoms with Gasteiger partial charge in [-0.3, -0.25) is 22.7 Å². The van der Waals surface area contributed by atoms with Crippen molar-refractivity contribution in [2.45, 2.75) is 49.1 Å². The van der Waals surface area contributed by atoms with Crippen molar-refractivity contribution in [1.29, 1.82) is 0 Å². The number of hydrogen-bond acceptors (Lipinski definition) is 17. The number of nitrogens with zero attached hydrogens (tertiary/aromatic N) is 7. The van der Waals surface area contributed by atoms with Gasteiger partial charge < -0.3 is 35.7 Å². The van der Waals surface area contributed by atoms with Gasteiger partial charge in [0.2, 0.25) is 0 Å². The van der Waals surface area contributed by atoms with E-state index in [9.17, 15) is 19.3 Å². The molecule has 3 aliphatic heterocycles. The number of ether oxygens (including phenoxy) is 2. The molecule has 7 heterocycles. The van der Waals surface area contributed by atoms with Crippen molar-refractivity contribution in [1.82, 2.24) is 34.1 Å². The molecule has 6 N–H and O–H groups in total. The third-order valence-electron chi connectivity index (χ3n) is 7.41. The predicted octanol–water partition coefficient (Wildman–Crippen LogP) is 0.845. The molecule has 2 bridgehead atoms. The molecular weight excluding hydrogens is 664 g/mol. The number of aliphatic hydroxyl groups excluding tert-OH is 2. The first-order valence-corrected chi connectivity index (χ1v) is 18.3. The first-order valence-electron chi connectivity index (χ1n) is 12.9. The number of hydrogen-bond donors (Lipinski definition) is 6. The van der Waals surface area contributed by atoms with E-state index in [1.54, 1.807) is 12.3 Å². The number of aromatic nitrogens is 7. The van der Waals surface area contributed by atoms with Crippen molar-refractivity contribution in [2.75, 3.05) is 24.7 Å². The Balaban J connectivity index is 1.20. The van der Waals surface area contributed by atoms with Crippen molar-refractivity contribution in [2.24, 2.45) is 0 Å². The maximum absolute atomic E-state index is 13.5. The quantitative estimate of drug-likeness (QED) is 0.126. The van der Waals surface area contributed by atoms with Crippen LogP contribution in [-0.2, 0) is 36.7 Å². The lowest BCUT2D eigenvalue weighted by molar-refractivity contribution is -0.0574. The highest BCUT2D eigenvalue weighted by atomic mass is 32.7. The number of nitrogen functional groups attached to an aromatic ring is 2. The van der Waals surface area contributed by atoms with E-state index in [-0.39, 0.29) is 22.8 Å². The summed E-state index contributed by atoms with van der Waals surface area (Å²) >= 11 is 8.19. The van der Waals surface area contributed by atoms with Crippen molar-refractivity contribution >= 4 is 71.9 Å². The van der Waals surface area contributed by atoms with Gasteiger partial charge in [-0.15, -0.1) is 0 Å². The molecule has 0 aliphatic carbocycles. The Kier molecular flexibility index (Phi) is 7.67. The molecule has 3 fully saturated rings. The SMILES string of the molecule is Nc1ncnc2c1ccn2[C@@H]1O[C@@H]2COP(=O)(S)O[C@@H]3[C@H](O)[C@@H](CO[P@@](=O)(S)O[C@@H]2[C@H]1O)O[C@H]3n1cnc2c(N)ncnc21. The molecule has 236 valence electrons. The second kappa shape index (κ2) is 11.1. The summed E-state index contributed by atoms with van der Waals surface area (Å²) in [5.74, 6) is 0.306. The van der Waals surface area contributed by atoms with E-state index < -0.39 is 75.9 Å². The third-order valence-corrected chi connectivity index (χ3v) is 10.6. The minimum Gasteiger partial charge on any atom is -0.387 e. The van der Waals surface area contributed by atoms with Crippen molar-refractivity contribution in [3.63, 3.8) is 0 Å². The van der Waals surface area contributed by atoms with Gasteiger partial charge >= 0.3 is 13.6 Å². The highest BCUT2D eigenvalue weighted by molar-refractivity contribution is 8.44. The molecule has 0 saturated carbocycles. The molecule has 3 saturated heterocycles. The van der Waals surface area contributed by atoms with E-state index in [4.69, 9.17) is 39.0 Å².